The average molecular weight is 972 g/mol. The summed E-state index contributed by atoms with van der Waals surface area (Å²) in [6.45, 7) is 16.6. The molecule has 0 aromatic carbocycles. The minimum atomic E-state index is -3.15. The number of anilines is 1. The predicted molar refractivity (Wildman–Crippen MR) is 257 cm³/mol. The van der Waals surface area contributed by atoms with Gasteiger partial charge in [0.25, 0.3) is 5.67 Å². The zero-order valence-corrected chi connectivity index (χ0v) is 42.6. The third kappa shape index (κ3) is 12.6. The summed E-state index contributed by atoms with van der Waals surface area (Å²) in [5.41, 5.74) is 1.93. The third-order valence-electron chi connectivity index (χ3n) is 14.2. The largest absolute Gasteiger partial charge is 0.457 e. The fourth-order valence-electron chi connectivity index (χ4n) is 10.3. The van der Waals surface area contributed by atoms with E-state index in [0.29, 0.717) is 46.5 Å². The van der Waals surface area contributed by atoms with E-state index in [-0.39, 0.29) is 69.1 Å². The van der Waals surface area contributed by atoms with Crippen molar-refractivity contribution in [1.29, 1.82) is 0 Å². The molecule has 2 aromatic rings. The number of hydrogen-bond donors (Lipinski definition) is 4. The highest BCUT2D eigenvalue weighted by Gasteiger charge is 2.56. The van der Waals surface area contributed by atoms with Gasteiger partial charge < -0.3 is 45.2 Å². The molecule has 2 aliphatic heterocycles. The van der Waals surface area contributed by atoms with Crippen LogP contribution in [-0.4, -0.2) is 128 Å². The molecule has 5 N–H and O–H groups in total. The Bertz CT molecular complexity index is 2160. The molecule has 3 fully saturated rings. The van der Waals surface area contributed by atoms with E-state index in [4.69, 9.17) is 39.9 Å². The number of aliphatic imine (C=N–C) groups is 1. The molecule has 68 heavy (non-hydrogen) atoms. The molecule has 19 heteroatoms. The van der Waals surface area contributed by atoms with Crippen LogP contribution in [0.25, 0.3) is 10.7 Å². The number of aliphatic hydroxyl groups is 2. The van der Waals surface area contributed by atoms with Gasteiger partial charge in [0, 0.05) is 35.4 Å². The van der Waals surface area contributed by atoms with Gasteiger partial charge in [-0.15, -0.1) is 11.3 Å². The van der Waals surface area contributed by atoms with E-state index in [9.17, 15) is 29.4 Å². The van der Waals surface area contributed by atoms with Crippen molar-refractivity contribution >= 4 is 52.1 Å². The molecule has 1 aliphatic carbocycles. The van der Waals surface area contributed by atoms with Crippen molar-refractivity contribution in [2.24, 2.45) is 45.0 Å². The highest BCUT2D eigenvalue weighted by atomic mass is 32.1. The zero-order chi connectivity index (χ0) is 50.5. The lowest BCUT2D eigenvalue weighted by Gasteiger charge is -2.48. The number of fused-ring (bicyclic) bond motifs is 5. The molecule has 0 radical (unpaired) electrons. The standard InChI is InChI=1S/C49H74FN7O10S/c1-13-36-49(10,63)33-19-18-31(56-64-24-32-25-68-44(52-32)34-16-15-17-37(53-34)54-43(61)30(7)51)20-21-47(8,23-26(3)39(28(33)5)55-38(58)14-2)42(29(6)41(60)48(9,50)46(62)66-36)67-45-40(59)35(57(11)12)22-27(4)65-45/h15-17,25-30,33,35-36,40,42,45,59,63H,13-14,18-24,51H2,1-12H3,(H,53,54,61)/b55-39?,56-31+/t26-,27-,28-,29?,30+,33-,35+,36-,40-,42-,45+,47-,48+,49+/m1/s1. The summed E-state index contributed by atoms with van der Waals surface area (Å²) in [6.07, 6.45) is -3.10. The Hall–Kier alpha value is -4.11. The van der Waals surface area contributed by atoms with Crippen molar-refractivity contribution in [2.45, 2.75) is 181 Å². The van der Waals surface area contributed by atoms with E-state index in [2.05, 4.69) is 10.3 Å². The maximum Gasteiger partial charge on any atom is 0.351 e. The molecular weight excluding hydrogens is 898 g/mol. The summed E-state index contributed by atoms with van der Waals surface area (Å²) in [7, 11) is 3.69. The maximum absolute atomic E-state index is 17.1. The van der Waals surface area contributed by atoms with Gasteiger partial charge in [-0.25, -0.2) is 24.1 Å². The van der Waals surface area contributed by atoms with Gasteiger partial charge in [0.15, 0.2) is 18.7 Å². The van der Waals surface area contributed by atoms with Crippen molar-refractivity contribution in [1.82, 2.24) is 14.9 Å². The van der Waals surface area contributed by atoms with Crippen molar-refractivity contribution in [3.63, 3.8) is 0 Å². The van der Waals surface area contributed by atoms with Crippen LogP contribution in [0.1, 0.15) is 126 Å². The first-order valence-corrected chi connectivity index (χ1v) is 24.8. The fourth-order valence-corrected chi connectivity index (χ4v) is 11.0. The third-order valence-corrected chi connectivity index (χ3v) is 15.1. The Morgan fingerprint density at radius 1 is 1.10 bits per heavy atom. The number of nitrogens with one attached hydrogen (secondary N) is 1. The second kappa shape index (κ2) is 22.8. The first kappa shape index (κ1) is 54.8. The Morgan fingerprint density at radius 3 is 2.46 bits per heavy atom. The first-order valence-electron chi connectivity index (χ1n) is 23.9. The Kier molecular flexibility index (Phi) is 18.3. The zero-order valence-electron chi connectivity index (χ0n) is 41.8. The second-order valence-electron chi connectivity index (χ2n) is 20.1. The van der Waals surface area contributed by atoms with Crippen LogP contribution in [0.5, 0.6) is 0 Å². The number of amides is 2. The molecular formula is C49H74FN7O10S. The average Bonchev–Trinajstić information content (AvgIpc) is 3.76. The van der Waals surface area contributed by atoms with Gasteiger partial charge in [-0.05, 0) is 116 Å². The Morgan fingerprint density at radius 2 is 1.81 bits per heavy atom. The summed E-state index contributed by atoms with van der Waals surface area (Å²) >= 11 is 1.34. The minimum Gasteiger partial charge on any atom is -0.457 e. The lowest BCUT2D eigenvalue weighted by atomic mass is 9.65. The number of hydrogen-bond acceptors (Lipinski definition) is 16. The molecule has 17 nitrogen and oxygen atoms in total. The number of nitrogens with zero attached hydrogens (tertiary/aromatic N) is 5. The van der Waals surface area contributed by atoms with Crippen LogP contribution < -0.4 is 11.1 Å². The van der Waals surface area contributed by atoms with E-state index in [0.717, 1.165) is 6.92 Å². The number of carbonyl (C=O) groups excluding carboxylic acids is 4. The predicted octanol–water partition coefficient (Wildman–Crippen LogP) is 6.43. The Balaban J connectivity index is 1.62. The van der Waals surface area contributed by atoms with Gasteiger partial charge in [-0.2, -0.15) is 0 Å². The van der Waals surface area contributed by atoms with Crippen LogP contribution in [0.2, 0.25) is 0 Å². The molecule has 0 spiro atoms. The monoisotopic (exact) mass is 972 g/mol. The number of esters is 1. The smallest absolute Gasteiger partial charge is 0.351 e. The van der Waals surface area contributed by atoms with E-state index < -0.39 is 82.8 Å². The molecule has 1 saturated carbocycles. The van der Waals surface area contributed by atoms with Crippen LogP contribution in [0.4, 0.5) is 10.2 Å². The van der Waals surface area contributed by atoms with Crippen LogP contribution in [0, 0.1) is 29.1 Å². The Labute approximate surface area is 404 Å². The summed E-state index contributed by atoms with van der Waals surface area (Å²) in [5, 5.41) is 34.2. The number of thiazole rings is 1. The van der Waals surface area contributed by atoms with Gasteiger partial charge >= 0.3 is 5.97 Å². The first-order chi connectivity index (χ1) is 31.8. The molecule has 3 aliphatic rings. The summed E-state index contributed by atoms with van der Waals surface area (Å²) < 4.78 is 36.1. The fraction of sp³-hybridized carbons (Fsp3) is 0.714. The van der Waals surface area contributed by atoms with Gasteiger partial charge in [0.2, 0.25) is 11.8 Å². The van der Waals surface area contributed by atoms with Crippen molar-refractivity contribution in [3.8, 4) is 10.7 Å². The molecule has 4 heterocycles. The van der Waals surface area contributed by atoms with E-state index in [1.54, 1.807) is 45.9 Å². The number of aliphatic hydroxyl groups excluding tert-OH is 1. The minimum absolute atomic E-state index is 0.00868. The molecule has 2 saturated heterocycles. The number of oxime groups is 1. The molecule has 2 amide bonds. The van der Waals surface area contributed by atoms with Gasteiger partial charge in [-0.1, -0.05) is 52.8 Å². The molecule has 378 valence electrons. The van der Waals surface area contributed by atoms with Crippen LogP contribution >= 0.6 is 11.3 Å². The summed E-state index contributed by atoms with van der Waals surface area (Å²) in [6, 6.07) is 4.11. The molecule has 5 rings (SSSR count). The summed E-state index contributed by atoms with van der Waals surface area (Å²) in [5.74, 6) is -5.98. The highest BCUT2D eigenvalue weighted by molar-refractivity contribution is 7.13. The normalized spacial score (nSPS) is 36.1. The van der Waals surface area contributed by atoms with E-state index in [1.165, 1.54) is 18.3 Å². The number of nitrogens with two attached hydrogens (primary N) is 1. The van der Waals surface area contributed by atoms with E-state index in [1.807, 2.05) is 52.1 Å². The van der Waals surface area contributed by atoms with Crippen molar-refractivity contribution < 1.29 is 52.8 Å². The number of Topliss-reactive ketones (excluding diaryl/α,β-unsaturated/α-hetero) is 1. The van der Waals surface area contributed by atoms with Crippen molar-refractivity contribution in [3.05, 3.63) is 29.3 Å². The lowest BCUT2D eigenvalue weighted by molar-refractivity contribution is -0.287. The lowest BCUT2D eigenvalue weighted by Crippen LogP contribution is -2.59. The molecule has 2 bridgehead atoms. The van der Waals surface area contributed by atoms with Crippen molar-refractivity contribution in [2.75, 3.05) is 19.4 Å². The number of pyridine rings is 1. The van der Waals surface area contributed by atoms with Gasteiger partial charge in [0.05, 0.1) is 29.7 Å². The second-order valence-corrected chi connectivity index (χ2v) is 20.9. The van der Waals surface area contributed by atoms with Crippen LogP contribution in [0.15, 0.2) is 33.7 Å². The summed E-state index contributed by atoms with van der Waals surface area (Å²) in [4.78, 5) is 76.0. The number of ketones is 1. The number of rotatable bonds is 11. The number of aromatic nitrogens is 2. The molecule has 14 atom stereocenters. The number of alkyl halides is 1. The van der Waals surface area contributed by atoms with Gasteiger partial charge in [0.1, 0.15) is 34.3 Å². The van der Waals surface area contributed by atoms with Gasteiger partial charge in [-0.3, -0.25) is 14.4 Å². The topological polar surface area (TPSA) is 237 Å². The molecule has 2 aromatic heterocycles. The number of cyclic esters (lactones) is 1. The number of ether oxygens (including phenoxy) is 3. The SMILES string of the molecule is CCC(=O)N=C1[C@H](C)C[C@@]2(C)CC/C(=N/OCc3csc(-c4cccc(NC(=O)[C@H](C)N)n4)n3)CC[C@H]([C@H]1C)[C@](C)(O)[C@@H](CC)OC(=O)[C@@](C)(F)C(=O)C(C)[C@H]2O[C@@H]1O[C@H](C)C[C@H](N(C)C)[C@H]1O. The molecule has 1 unspecified atom stereocenters. The van der Waals surface area contributed by atoms with E-state index >= 15 is 4.39 Å². The highest BCUT2D eigenvalue weighted by Crippen LogP contribution is 2.47. The maximum atomic E-state index is 17.1. The number of halogens is 1. The quantitative estimate of drug-likeness (QED) is 0.108. The number of likely N-dealkylation sites (N-methyl/N-ethyl adjacent to an activating group) is 1. The van der Waals surface area contributed by atoms with Crippen LogP contribution in [-0.2, 0) is 44.8 Å². The number of carbonyl (C=O) groups is 4. The van der Waals surface area contributed by atoms with Crippen LogP contribution in [0.3, 0.4) is 0 Å².